The van der Waals surface area contributed by atoms with Gasteiger partial charge in [-0.1, -0.05) is 44.2 Å². The number of rotatable bonds is 9. The van der Waals surface area contributed by atoms with Crippen LogP contribution in [0.5, 0.6) is 0 Å². The van der Waals surface area contributed by atoms with Gasteiger partial charge in [-0.05, 0) is 24.1 Å². The van der Waals surface area contributed by atoms with Gasteiger partial charge in [-0.3, -0.25) is 23.9 Å². The summed E-state index contributed by atoms with van der Waals surface area (Å²) in [6.07, 6.45) is 1.09. The molecule has 3 rings (SSSR count). The Morgan fingerprint density at radius 1 is 1.06 bits per heavy atom. The van der Waals surface area contributed by atoms with Crippen molar-refractivity contribution in [2.24, 2.45) is 5.73 Å². The molecule has 0 aliphatic carbocycles. The summed E-state index contributed by atoms with van der Waals surface area (Å²) >= 11 is 0. The van der Waals surface area contributed by atoms with Crippen LogP contribution in [0.25, 0.3) is 11.2 Å². The quantitative estimate of drug-likeness (QED) is 0.536. The van der Waals surface area contributed by atoms with Crippen LogP contribution >= 0.6 is 0 Å². The lowest BCUT2D eigenvalue weighted by Crippen LogP contribution is -2.35. The van der Waals surface area contributed by atoms with Gasteiger partial charge in [-0.15, -0.1) is 0 Å². The number of nitrogens with zero attached hydrogens (tertiary/aromatic N) is 5. The number of carbonyl (C=O) groups is 2. The molecule has 9 heteroatoms. The predicted molar refractivity (Wildman–Crippen MR) is 129 cm³/mol. The Labute approximate surface area is 192 Å². The standard InChI is InChI=1S/C24H30N6O3/c1-5-18(16-10-8-7-9-11-16)30-22-17(12-13-20(27-22)29(4)21(32)6-2)26-23(24(30)33)28(3)15-14-19(25)31/h7-13,18H,5-6,14-15H2,1-4H3,(H2,25,31)/t18-/m0/s1. The average molecular weight is 451 g/mol. The first kappa shape index (κ1) is 23.9. The third-order valence-corrected chi connectivity index (χ3v) is 5.66. The van der Waals surface area contributed by atoms with Crippen molar-refractivity contribution in [3.63, 3.8) is 0 Å². The number of amides is 2. The number of benzene rings is 1. The molecule has 0 aliphatic heterocycles. The number of carbonyl (C=O) groups excluding carboxylic acids is 2. The van der Waals surface area contributed by atoms with E-state index in [9.17, 15) is 14.4 Å². The highest BCUT2D eigenvalue weighted by molar-refractivity contribution is 5.92. The Morgan fingerprint density at radius 2 is 1.76 bits per heavy atom. The zero-order chi connectivity index (χ0) is 24.1. The molecule has 0 aliphatic rings. The molecule has 0 bridgehead atoms. The van der Waals surface area contributed by atoms with E-state index >= 15 is 0 Å². The maximum atomic E-state index is 13.7. The zero-order valence-corrected chi connectivity index (χ0v) is 19.5. The normalized spacial score (nSPS) is 11.9. The average Bonchev–Trinajstić information content (AvgIpc) is 2.83. The largest absolute Gasteiger partial charge is 0.370 e. The van der Waals surface area contributed by atoms with Gasteiger partial charge in [0.15, 0.2) is 11.5 Å². The van der Waals surface area contributed by atoms with E-state index in [2.05, 4.69) is 9.97 Å². The second-order valence-electron chi connectivity index (χ2n) is 7.90. The Hall–Kier alpha value is -3.75. The summed E-state index contributed by atoms with van der Waals surface area (Å²) in [6, 6.07) is 12.9. The Morgan fingerprint density at radius 3 is 2.36 bits per heavy atom. The number of aromatic nitrogens is 3. The molecule has 2 aromatic heterocycles. The SMILES string of the molecule is CCC(=O)N(C)c1ccc2nc(N(C)CCC(N)=O)c(=O)n([C@@H](CC)c3ccccc3)c2n1. The summed E-state index contributed by atoms with van der Waals surface area (Å²) < 4.78 is 1.64. The van der Waals surface area contributed by atoms with Crippen LogP contribution in [0, 0.1) is 0 Å². The van der Waals surface area contributed by atoms with Gasteiger partial charge >= 0.3 is 0 Å². The van der Waals surface area contributed by atoms with Crippen molar-refractivity contribution in [1.29, 1.82) is 0 Å². The molecule has 33 heavy (non-hydrogen) atoms. The molecule has 174 valence electrons. The first-order valence-electron chi connectivity index (χ1n) is 11.0. The summed E-state index contributed by atoms with van der Waals surface area (Å²) in [6.45, 7) is 4.06. The number of primary amides is 1. The highest BCUT2D eigenvalue weighted by Crippen LogP contribution is 2.26. The summed E-state index contributed by atoms with van der Waals surface area (Å²) in [7, 11) is 3.37. The smallest absolute Gasteiger partial charge is 0.295 e. The molecule has 1 atom stereocenters. The van der Waals surface area contributed by atoms with E-state index in [4.69, 9.17) is 5.73 Å². The van der Waals surface area contributed by atoms with Gasteiger partial charge in [0, 0.05) is 33.5 Å². The topological polar surface area (TPSA) is 114 Å². The van der Waals surface area contributed by atoms with Crippen molar-refractivity contribution in [2.75, 3.05) is 30.4 Å². The van der Waals surface area contributed by atoms with Crippen molar-refractivity contribution < 1.29 is 9.59 Å². The minimum atomic E-state index is -0.450. The molecule has 2 amide bonds. The lowest BCUT2D eigenvalue weighted by atomic mass is 10.0. The van der Waals surface area contributed by atoms with E-state index in [1.54, 1.807) is 42.6 Å². The van der Waals surface area contributed by atoms with Crippen LogP contribution in [-0.2, 0) is 9.59 Å². The molecular formula is C24H30N6O3. The summed E-state index contributed by atoms with van der Waals surface area (Å²) in [5.41, 5.74) is 6.85. The molecule has 2 N–H and O–H groups in total. The van der Waals surface area contributed by atoms with Gasteiger partial charge < -0.3 is 10.6 Å². The number of anilines is 2. The van der Waals surface area contributed by atoms with Crippen LogP contribution < -0.4 is 21.1 Å². The van der Waals surface area contributed by atoms with Crippen molar-refractivity contribution >= 4 is 34.6 Å². The van der Waals surface area contributed by atoms with Gasteiger partial charge in [-0.2, -0.15) is 0 Å². The maximum absolute atomic E-state index is 13.7. The molecule has 0 spiro atoms. The fourth-order valence-corrected chi connectivity index (χ4v) is 3.78. The first-order valence-corrected chi connectivity index (χ1v) is 11.0. The molecule has 9 nitrogen and oxygen atoms in total. The highest BCUT2D eigenvalue weighted by atomic mass is 16.2. The van der Waals surface area contributed by atoms with Crippen molar-refractivity contribution in [3.8, 4) is 0 Å². The van der Waals surface area contributed by atoms with Gasteiger partial charge in [0.2, 0.25) is 11.8 Å². The molecule has 1 aromatic carbocycles. The third kappa shape index (κ3) is 5.02. The second kappa shape index (κ2) is 10.2. The summed E-state index contributed by atoms with van der Waals surface area (Å²) in [5, 5.41) is 0. The Balaban J connectivity index is 2.27. The van der Waals surface area contributed by atoms with Gasteiger partial charge in [0.1, 0.15) is 11.3 Å². The van der Waals surface area contributed by atoms with E-state index in [1.807, 2.05) is 37.3 Å². The van der Waals surface area contributed by atoms with E-state index < -0.39 is 5.91 Å². The number of nitrogens with two attached hydrogens (primary N) is 1. The van der Waals surface area contributed by atoms with Crippen LogP contribution in [-0.4, -0.2) is 47.0 Å². The van der Waals surface area contributed by atoms with E-state index in [0.29, 0.717) is 29.8 Å². The highest BCUT2D eigenvalue weighted by Gasteiger charge is 2.23. The number of pyridine rings is 1. The zero-order valence-electron chi connectivity index (χ0n) is 19.5. The summed E-state index contributed by atoms with van der Waals surface area (Å²) in [5.74, 6) is 0.128. The van der Waals surface area contributed by atoms with E-state index in [0.717, 1.165) is 5.56 Å². The molecule has 0 fully saturated rings. The van der Waals surface area contributed by atoms with Crippen LogP contribution in [0.1, 0.15) is 44.7 Å². The monoisotopic (exact) mass is 450 g/mol. The third-order valence-electron chi connectivity index (χ3n) is 5.66. The summed E-state index contributed by atoms with van der Waals surface area (Å²) in [4.78, 5) is 49.6. The van der Waals surface area contributed by atoms with Crippen LogP contribution in [0.2, 0.25) is 0 Å². The Bertz CT molecular complexity index is 1210. The molecule has 0 saturated heterocycles. The van der Waals surface area contributed by atoms with E-state index in [1.165, 1.54) is 4.90 Å². The van der Waals surface area contributed by atoms with Gasteiger partial charge in [0.25, 0.3) is 5.56 Å². The fourth-order valence-electron chi connectivity index (χ4n) is 3.78. The molecule has 0 unspecified atom stereocenters. The lowest BCUT2D eigenvalue weighted by Gasteiger charge is -2.25. The van der Waals surface area contributed by atoms with Crippen LogP contribution in [0.4, 0.5) is 11.6 Å². The van der Waals surface area contributed by atoms with Gasteiger partial charge in [-0.25, -0.2) is 9.97 Å². The maximum Gasteiger partial charge on any atom is 0.295 e. The number of hydrogen-bond acceptors (Lipinski definition) is 6. The minimum absolute atomic E-state index is 0.0818. The second-order valence-corrected chi connectivity index (χ2v) is 7.90. The molecule has 0 radical (unpaired) electrons. The van der Waals surface area contributed by atoms with Gasteiger partial charge in [0.05, 0.1) is 6.04 Å². The molecule has 0 saturated carbocycles. The Kier molecular flexibility index (Phi) is 7.42. The first-order chi connectivity index (χ1) is 15.8. The van der Waals surface area contributed by atoms with E-state index in [-0.39, 0.29) is 36.3 Å². The molecule has 3 aromatic rings. The number of fused-ring (bicyclic) bond motifs is 1. The van der Waals surface area contributed by atoms with Crippen molar-refractivity contribution in [2.45, 2.75) is 39.2 Å². The van der Waals surface area contributed by atoms with Crippen molar-refractivity contribution in [3.05, 3.63) is 58.4 Å². The fraction of sp³-hybridized carbons (Fsp3) is 0.375. The van der Waals surface area contributed by atoms with Crippen LogP contribution in [0.3, 0.4) is 0 Å². The number of hydrogen-bond donors (Lipinski definition) is 1. The van der Waals surface area contributed by atoms with Crippen molar-refractivity contribution in [1.82, 2.24) is 14.5 Å². The van der Waals surface area contributed by atoms with Crippen LogP contribution in [0.15, 0.2) is 47.3 Å². The lowest BCUT2D eigenvalue weighted by molar-refractivity contribution is -0.118. The molecular weight excluding hydrogens is 420 g/mol. The minimum Gasteiger partial charge on any atom is -0.370 e. The predicted octanol–water partition coefficient (Wildman–Crippen LogP) is 2.48. The molecule has 2 heterocycles.